The van der Waals surface area contributed by atoms with Gasteiger partial charge in [0.2, 0.25) is 0 Å². The van der Waals surface area contributed by atoms with E-state index >= 15 is 0 Å². The summed E-state index contributed by atoms with van der Waals surface area (Å²) in [6.45, 7) is 2.03. The predicted octanol–water partition coefficient (Wildman–Crippen LogP) is 1.56. The third-order valence-electron chi connectivity index (χ3n) is 2.93. The Morgan fingerprint density at radius 2 is 2.06 bits per heavy atom. The van der Waals surface area contributed by atoms with Crippen LogP contribution in [0.3, 0.4) is 0 Å². The predicted molar refractivity (Wildman–Crippen MR) is 64.3 cm³/mol. The second-order valence-corrected chi connectivity index (χ2v) is 4.31. The number of likely N-dealkylation sites (tertiary alicyclic amines) is 1. The van der Waals surface area contributed by atoms with Crippen LogP contribution in [-0.4, -0.2) is 44.2 Å². The Kier molecular flexibility index (Phi) is 3.64. The molecule has 4 nitrogen and oxygen atoms in total. The number of carbonyl (C=O) groups excluding carboxylic acids is 1. The summed E-state index contributed by atoms with van der Waals surface area (Å²) in [5, 5.41) is 0. The molecule has 1 aliphatic heterocycles. The molecule has 1 unspecified atom stereocenters. The van der Waals surface area contributed by atoms with Gasteiger partial charge in [0.1, 0.15) is 11.9 Å². The molecule has 1 atom stereocenters. The summed E-state index contributed by atoms with van der Waals surface area (Å²) in [6, 6.07) is 7.06. The van der Waals surface area contributed by atoms with E-state index in [2.05, 4.69) is 16.7 Å². The molecule has 0 saturated carbocycles. The van der Waals surface area contributed by atoms with Crippen molar-refractivity contribution in [2.45, 2.75) is 12.5 Å². The molecule has 0 aliphatic carbocycles. The highest BCUT2D eigenvalue weighted by atomic mass is 16.5. The number of esters is 1. The maximum absolute atomic E-state index is 11.2. The van der Waals surface area contributed by atoms with Gasteiger partial charge in [-0.05, 0) is 37.7 Å². The molecule has 0 aromatic heterocycles. The van der Waals surface area contributed by atoms with Crippen molar-refractivity contribution >= 4 is 5.97 Å². The molecule has 2 rings (SSSR count). The minimum Gasteiger partial charge on any atom is -0.489 e. The fourth-order valence-corrected chi connectivity index (χ4v) is 1.97. The van der Waals surface area contributed by atoms with Gasteiger partial charge in [-0.15, -0.1) is 0 Å². The number of likely N-dealkylation sites (N-methyl/N-ethyl adjacent to an activating group) is 1. The lowest BCUT2D eigenvalue weighted by Crippen LogP contribution is -2.21. The molecule has 1 saturated heterocycles. The fraction of sp³-hybridized carbons (Fsp3) is 0.462. The summed E-state index contributed by atoms with van der Waals surface area (Å²) in [4.78, 5) is 13.5. The zero-order valence-corrected chi connectivity index (χ0v) is 10.2. The van der Waals surface area contributed by atoms with Crippen molar-refractivity contribution in [1.29, 1.82) is 0 Å². The van der Waals surface area contributed by atoms with Gasteiger partial charge in [-0.3, -0.25) is 0 Å². The first-order chi connectivity index (χ1) is 8.19. The van der Waals surface area contributed by atoms with Gasteiger partial charge in [0, 0.05) is 13.1 Å². The van der Waals surface area contributed by atoms with Crippen molar-refractivity contribution in [2.24, 2.45) is 0 Å². The molecule has 0 spiro atoms. The van der Waals surface area contributed by atoms with Crippen molar-refractivity contribution in [2.75, 3.05) is 27.2 Å². The fourth-order valence-electron chi connectivity index (χ4n) is 1.97. The quantitative estimate of drug-likeness (QED) is 0.745. The molecule has 92 valence electrons. The van der Waals surface area contributed by atoms with Crippen molar-refractivity contribution < 1.29 is 14.3 Å². The number of rotatable bonds is 3. The monoisotopic (exact) mass is 235 g/mol. The largest absolute Gasteiger partial charge is 0.489 e. The molecule has 1 aromatic rings. The maximum Gasteiger partial charge on any atom is 0.337 e. The van der Waals surface area contributed by atoms with E-state index in [1.807, 2.05) is 12.1 Å². The van der Waals surface area contributed by atoms with Gasteiger partial charge in [0.05, 0.1) is 12.7 Å². The molecule has 0 N–H and O–H groups in total. The molecular formula is C13H17NO3. The summed E-state index contributed by atoms with van der Waals surface area (Å²) >= 11 is 0. The summed E-state index contributed by atoms with van der Waals surface area (Å²) in [6.07, 6.45) is 1.30. The van der Waals surface area contributed by atoms with Gasteiger partial charge in [0.15, 0.2) is 0 Å². The van der Waals surface area contributed by atoms with E-state index < -0.39 is 0 Å². The van der Waals surface area contributed by atoms with Crippen LogP contribution in [0, 0.1) is 0 Å². The summed E-state index contributed by atoms with van der Waals surface area (Å²) in [7, 11) is 3.46. The van der Waals surface area contributed by atoms with E-state index in [0.717, 1.165) is 25.3 Å². The first-order valence-electron chi connectivity index (χ1n) is 5.72. The molecule has 4 heteroatoms. The number of hydrogen-bond acceptors (Lipinski definition) is 4. The number of hydrogen-bond donors (Lipinski definition) is 0. The van der Waals surface area contributed by atoms with Crippen molar-refractivity contribution in [3.05, 3.63) is 29.8 Å². The Labute approximate surface area is 101 Å². The number of methoxy groups -OCH3 is 1. The van der Waals surface area contributed by atoms with Crippen molar-refractivity contribution in [3.8, 4) is 5.75 Å². The molecule has 0 bridgehead atoms. The van der Waals surface area contributed by atoms with Crippen LogP contribution in [0.25, 0.3) is 0 Å². The molecule has 1 heterocycles. The Balaban J connectivity index is 1.96. The van der Waals surface area contributed by atoms with Crippen LogP contribution in [0.1, 0.15) is 16.8 Å². The van der Waals surface area contributed by atoms with Crippen molar-refractivity contribution in [1.82, 2.24) is 4.90 Å². The maximum atomic E-state index is 11.2. The summed E-state index contributed by atoms with van der Waals surface area (Å²) < 4.78 is 10.5. The Bertz CT molecular complexity index is 388. The zero-order chi connectivity index (χ0) is 12.3. The average Bonchev–Trinajstić information content (AvgIpc) is 2.75. The van der Waals surface area contributed by atoms with Crippen LogP contribution in [-0.2, 0) is 4.74 Å². The first kappa shape index (κ1) is 11.9. The first-order valence-corrected chi connectivity index (χ1v) is 5.72. The summed E-state index contributed by atoms with van der Waals surface area (Å²) in [5.74, 6) is 0.482. The Morgan fingerprint density at radius 3 is 2.59 bits per heavy atom. The number of ether oxygens (including phenoxy) is 2. The summed E-state index contributed by atoms with van der Waals surface area (Å²) in [5.41, 5.74) is 0.545. The van der Waals surface area contributed by atoms with Gasteiger partial charge < -0.3 is 14.4 Å². The van der Waals surface area contributed by atoms with E-state index in [9.17, 15) is 4.79 Å². The highest BCUT2D eigenvalue weighted by Gasteiger charge is 2.20. The van der Waals surface area contributed by atoms with Gasteiger partial charge in [-0.1, -0.05) is 0 Å². The van der Waals surface area contributed by atoms with E-state index in [4.69, 9.17) is 4.74 Å². The second-order valence-electron chi connectivity index (χ2n) is 4.31. The van der Waals surface area contributed by atoms with Gasteiger partial charge in [-0.25, -0.2) is 4.79 Å². The Hall–Kier alpha value is -1.55. The minimum atomic E-state index is -0.322. The standard InChI is InChI=1S/C13H17NO3/c1-14-8-7-12(9-14)17-11-5-3-10(4-6-11)13(15)16-2/h3-6,12H,7-9H2,1-2H3. The lowest BCUT2D eigenvalue weighted by Gasteiger charge is -2.13. The van der Waals surface area contributed by atoms with Crippen LogP contribution < -0.4 is 4.74 Å². The molecule has 17 heavy (non-hydrogen) atoms. The number of carbonyl (C=O) groups is 1. The topological polar surface area (TPSA) is 38.8 Å². The highest BCUT2D eigenvalue weighted by Crippen LogP contribution is 2.18. The van der Waals surface area contributed by atoms with E-state index in [-0.39, 0.29) is 12.1 Å². The third-order valence-corrected chi connectivity index (χ3v) is 2.93. The van der Waals surface area contributed by atoms with Crippen LogP contribution in [0.2, 0.25) is 0 Å². The minimum absolute atomic E-state index is 0.254. The average molecular weight is 235 g/mol. The highest BCUT2D eigenvalue weighted by molar-refractivity contribution is 5.89. The van der Waals surface area contributed by atoms with E-state index in [1.54, 1.807) is 12.1 Å². The van der Waals surface area contributed by atoms with Crippen LogP contribution in [0.15, 0.2) is 24.3 Å². The molecule has 0 amide bonds. The van der Waals surface area contributed by atoms with Crippen LogP contribution in [0.5, 0.6) is 5.75 Å². The van der Waals surface area contributed by atoms with Crippen molar-refractivity contribution in [3.63, 3.8) is 0 Å². The van der Waals surface area contributed by atoms with Crippen LogP contribution >= 0.6 is 0 Å². The molecule has 0 radical (unpaired) electrons. The molecule has 1 fully saturated rings. The van der Waals surface area contributed by atoms with E-state index in [0.29, 0.717) is 5.56 Å². The van der Waals surface area contributed by atoms with E-state index in [1.165, 1.54) is 7.11 Å². The third kappa shape index (κ3) is 2.97. The number of benzene rings is 1. The zero-order valence-electron chi connectivity index (χ0n) is 10.2. The molecular weight excluding hydrogens is 218 g/mol. The number of nitrogens with zero attached hydrogens (tertiary/aromatic N) is 1. The smallest absolute Gasteiger partial charge is 0.337 e. The normalized spacial score (nSPS) is 20.2. The lowest BCUT2D eigenvalue weighted by atomic mass is 10.2. The lowest BCUT2D eigenvalue weighted by molar-refractivity contribution is 0.0600. The molecule has 1 aliphatic rings. The van der Waals surface area contributed by atoms with Gasteiger partial charge >= 0.3 is 5.97 Å². The van der Waals surface area contributed by atoms with Gasteiger partial charge in [-0.2, -0.15) is 0 Å². The second kappa shape index (κ2) is 5.19. The SMILES string of the molecule is COC(=O)c1ccc(OC2CCN(C)C2)cc1. The molecule has 1 aromatic carbocycles. The van der Waals surface area contributed by atoms with Crippen LogP contribution in [0.4, 0.5) is 0 Å². The van der Waals surface area contributed by atoms with Gasteiger partial charge in [0.25, 0.3) is 0 Å². The Morgan fingerprint density at radius 1 is 1.35 bits per heavy atom.